The molecule has 0 bridgehead atoms. The van der Waals surface area contributed by atoms with Crippen LogP contribution in [0.1, 0.15) is 0 Å². The molecule has 0 aliphatic carbocycles. The molecule has 1 aliphatic heterocycles. The van der Waals surface area contributed by atoms with Crippen molar-refractivity contribution in [2.45, 2.75) is 30.7 Å². The van der Waals surface area contributed by atoms with Crippen LogP contribution >= 0.6 is 0 Å². The molecule has 0 unspecified atom stereocenters. The molecule has 0 radical (unpaired) electrons. The van der Waals surface area contributed by atoms with E-state index in [1.165, 1.54) is 0 Å². The Bertz CT molecular complexity index is 699. The van der Waals surface area contributed by atoms with Crippen molar-refractivity contribution < 1.29 is 34.6 Å². The van der Waals surface area contributed by atoms with Crippen molar-refractivity contribution in [1.82, 2.24) is 0 Å². The fourth-order valence-corrected chi connectivity index (χ4v) is 2.81. The second-order valence-electron chi connectivity index (χ2n) is 6.07. The minimum absolute atomic E-state index is 0.423. The predicted molar refractivity (Wildman–Crippen MR) is 92.8 cm³/mol. The zero-order valence-corrected chi connectivity index (χ0v) is 14.2. The molecule has 1 heterocycles. The molecule has 2 aromatic carbocycles. The normalized spacial score (nSPS) is 28.6. The van der Waals surface area contributed by atoms with Crippen LogP contribution in [0, 0.1) is 0 Å². The summed E-state index contributed by atoms with van der Waals surface area (Å²) in [5.74, 6) is 1.20. The lowest BCUT2D eigenvalue weighted by Crippen LogP contribution is -2.60. The monoisotopic (exact) mass is 362 g/mol. The van der Waals surface area contributed by atoms with Crippen LogP contribution in [0.25, 0.3) is 11.1 Å². The Labute approximate surface area is 151 Å². The summed E-state index contributed by atoms with van der Waals surface area (Å²) in [7, 11) is 1.61. The van der Waals surface area contributed by atoms with Gasteiger partial charge in [-0.3, -0.25) is 0 Å². The van der Waals surface area contributed by atoms with Crippen molar-refractivity contribution in [1.29, 1.82) is 0 Å². The molecule has 1 aliphatic rings. The molecule has 0 spiro atoms. The smallest absolute Gasteiger partial charge is 0.229 e. The number of benzene rings is 2. The number of methoxy groups -OCH3 is 1. The summed E-state index contributed by atoms with van der Waals surface area (Å²) in [5.41, 5.74) is 1.97. The highest BCUT2D eigenvalue weighted by atomic mass is 16.7. The van der Waals surface area contributed by atoms with Crippen molar-refractivity contribution in [3.8, 4) is 22.6 Å². The first-order chi connectivity index (χ1) is 12.5. The highest BCUT2D eigenvalue weighted by Crippen LogP contribution is 2.27. The van der Waals surface area contributed by atoms with Crippen molar-refractivity contribution in [3.63, 3.8) is 0 Å². The Morgan fingerprint density at radius 1 is 0.808 bits per heavy atom. The summed E-state index contributed by atoms with van der Waals surface area (Å²) in [4.78, 5) is 0. The van der Waals surface area contributed by atoms with Gasteiger partial charge in [0.25, 0.3) is 0 Å². The third-order valence-corrected chi connectivity index (χ3v) is 4.38. The van der Waals surface area contributed by atoms with Gasteiger partial charge in [0.05, 0.1) is 13.7 Å². The first-order valence-corrected chi connectivity index (χ1v) is 8.25. The highest BCUT2D eigenvalue weighted by Gasteiger charge is 2.44. The van der Waals surface area contributed by atoms with Gasteiger partial charge in [-0.05, 0) is 35.4 Å². The Hall–Kier alpha value is -2.16. The highest BCUT2D eigenvalue weighted by molar-refractivity contribution is 5.64. The van der Waals surface area contributed by atoms with Crippen LogP contribution in [-0.4, -0.2) is 64.8 Å². The molecule has 26 heavy (non-hydrogen) atoms. The van der Waals surface area contributed by atoms with Gasteiger partial charge in [0, 0.05) is 0 Å². The minimum Gasteiger partial charge on any atom is -0.497 e. The summed E-state index contributed by atoms with van der Waals surface area (Å²) >= 11 is 0. The molecule has 0 amide bonds. The number of aliphatic hydroxyl groups excluding tert-OH is 4. The van der Waals surface area contributed by atoms with Crippen LogP contribution in [0.4, 0.5) is 0 Å². The molecule has 2 aromatic rings. The van der Waals surface area contributed by atoms with Gasteiger partial charge >= 0.3 is 0 Å². The number of rotatable bonds is 5. The maximum absolute atomic E-state index is 10.0. The van der Waals surface area contributed by atoms with E-state index in [-0.39, 0.29) is 0 Å². The van der Waals surface area contributed by atoms with Crippen LogP contribution in [0.2, 0.25) is 0 Å². The molecule has 7 nitrogen and oxygen atoms in total. The minimum atomic E-state index is -1.47. The Balaban J connectivity index is 1.70. The molecule has 5 atom stereocenters. The topological polar surface area (TPSA) is 109 Å². The third kappa shape index (κ3) is 3.82. The summed E-state index contributed by atoms with van der Waals surface area (Å²) < 4.78 is 16.0. The summed E-state index contributed by atoms with van der Waals surface area (Å²) in [5, 5.41) is 38.8. The van der Waals surface area contributed by atoms with Crippen molar-refractivity contribution in [2.24, 2.45) is 0 Å². The van der Waals surface area contributed by atoms with Crippen LogP contribution in [0.3, 0.4) is 0 Å². The van der Waals surface area contributed by atoms with E-state index in [0.29, 0.717) is 5.75 Å². The Morgan fingerprint density at radius 2 is 1.35 bits per heavy atom. The third-order valence-electron chi connectivity index (χ3n) is 4.38. The molecule has 1 fully saturated rings. The lowest BCUT2D eigenvalue weighted by atomic mass is 9.99. The van der Waals surface area contributed by atoms with Crippen LogP contribution in [0.5, 0.6) is 11.5 Å². The van der Waals surface area contributed by atoms with Gasteiger partial charge < -0.3 is 34.6 Å². The molecule has 140 valence electrons. The SMILES string of the molecule is COc1ccc(-c2ccc(O[C@@H]3O[C@H](CO)[C@@H](O)[C@H](O)[C@H]3O)cc2)cc1. The van der Waals surface area contributed by atoms with Crippen molar-refractivity contribution in [3.05, 3.63) is 48.5 Å². The van der Waals surface area contributed by atoms with Gasteiger partial charge in [-0.15, -0.1) is 0 Å². The average molecular weight is 362 g/mol. The maximum atomic E-state index is 10.0. The average Bonchev–Trinajstić information content (AvgIpc) is 2.69. The molecule has 3 rings (SSSR count). The van der Waals surface area contributed by atoms with Crippen molar-refractivity contribution >= 4 is 0 Å². The molecular formula is C19H22O7. The number of hydrogen-bond donors (Lipinski definition) is 4. The van der Waals surface area contributed by atoms with Crippen LogP contribution in [-0.2, 0) is 4.74 Å². The van der Waals surface area contributed by atoms with Gasteiger partial charge in [-0.2, -0.15) is 0 Å². The van der Waals surface area contributed by atoms with E-state index < -0.39 is 37.3 Å². The fourth-order valence-electron chi connectivity index (χ4n) is 2.81. The summed E-state index contributed by atoms with van der Waals surface area (Å²) in [6.07, 6.45) is -6.51. The largest absolute Gasteiger partial charge is 0.497 e. The lowest BCUT2D eigenvalue weighted by Gasteiger charge is -2.39. The Kier molecular flexibility index (Phi) is 5.75. The van der Waals surface area contributed by atoms with Crippen LogP contribution < -0.4 is 9.47 Å². The predicted octanol–water partition coefficient (Wildman–Crippen LogP) is 0.541. The fraction of sp³-hybridized carbons (Fsp3) is 0.368. The van der Waals surface area contributed by atoms with E-state index in [2.05, 4.69) is 0 Å². The van der Waals surface area contributed by atoms with Gasteiger partial charge in [-0.25, -0.2) is 0 Å². The zero-order chi connectivity index (χ0) is 18.7. The summed E-state index contributed by atoms with van der Waals surface area (Å²) in [6.45, 7) is -0.499. The molecule has 7 heteroatoms. The van der Waals surface area contributed by atoms with E-state index >= 15 is 0 Å². The van der Waals surface area contributed by atoms with Gasteiger partial charge in [0.15, 0.2) is 0 Å². The molecular weight excluding hydrogens is 340 g/mol. The zero-order valence-electron chi connectivity index (χ0n) is 14.2. The van der Waals surface area contributed by atoms with E-state index in [0.717, 1.165) is 16.9 Å². The summed E-state index contributed by atoms with van der Waals surface area (Å²) in [6, 6.07) is 14.7. The lowest BCUT2D eigenvalue weighted by molar-refractivity contribution is -0.277. The van der Waals surface area contributed by atoms with Crippen molar-refractivity contribution in [2.75, 3.05) is 13.7 Å². The Morgan fingerprint density at radius 3 is 1.85 bits per heavy atom. The molecule has 0 saturated carbocycles. The van der Waals surface area contributed by atoms with Gasteiger partial charge in [-0.1, -0.05) is 24.3 Å². The standard InChI is InChI=1S/C19H22O7/c1-24-13-6-2-11(3-7-13)12-4-8-14(9-5-12)25-19-18(23)17(22)16(21)15(10-20)26-19/h2-9,15-23H,10H2,1H3/t15-,16-,17+,18-,19-/m1/s1. The van der Waals surface area contributed by atoms with E-state index in [1.54, 1.807) is 19.2 Å². The second-order valence-corrected chi connectivity index (χ2v) is 6.07. The first-order valence-electron chi connectivity index (χ1n) is 8.25. The molecule has 0 aromatic heterocycles. The second kappa shape index (κ2) is 8.03. The van der Waals surface area contributed by atoms with Gasteiger partial charge in [0.1, 0.15) is 35.9 Å². The molecule has 1 saturated heterocycles. The van der Waals surface area contributed by atoms with Gasteiger partial charge in [0.2, 0.25) is 6.29 Å². The number of hydrogen-bond acceptors (Lipinski definition) is 7. The van der Waals surface area contributed by atoms with E-state index in [9.17, 15) is 20.4 Å². The quantitative estimate of drug-likeness (QED) is 0.615. The van der Waals surface area contributed by atoms with E-state index in [4.69, 9.17) is 14.2 Å². The molecule has 4 N–H and O–H groups in total. The maximum Gasteiger partial charge on any atom is 0.229 e. The first kappa shape index (κ1) is 18.6. The number of aliphatic hydroxyl groups is 4. The van der Waals surface area contributed by atoms with Crippen LogP contribution in [0.15, 0.2) is 48.5 Å². The number of ether oxygens (including phenoxy) is 3. The van der Waals surface area contributed by atoms with E-state index in [1.807, 2.05) is 36.4 Å².